The zero-order chi connectivity index (χ0) is 11.7. The summed E-state index contributed by atoms with van der Waals surface area (Å²) >= 11 is 0. The first-order valence-electron chi connectivity index (χ1n) is 5.07. The SMILES string of the molecule is CC(=O)c1ccc(-n2cnc(C)c2C)cn1. The van der Waals surface area contributed by atoms with Crippen molar-refractivity contribution < 1.29 is 4.79 Å². The van der Waals surface area contributed by atoms with E-state index in [0.717, 1.165) is 17.1 Å². The summed E-state index contributed by atoms with van der Waals surface area (Å²) in [5.74, 6) is -0.0231. The normalized spacial score (nSPS) is 10.4. The molecule has 82 valence electrons. The maximum Gasteiger partial charge on any atom is 0.178 e. The number of imidazole rings is 1. The molecule has 0 N–H and O–H groups in total. The third-order valence-electron chi connectivity index (χ3n) is 2.64. The van der Waals surface area contributed by atoms with Gasteiger partial charge in [0.2, 0.25) is 0 Å². The van der Waals surface area contributed by atoms with Crippen LogP contribution in [-0.4, -0.2) is 20.3 Å². The van der Waals surface area contributed by atoms with Crippen molar-refractivity contribution in [2.24, 2.45) is 0 Å². The van der Waals surface area contributed by atoms with E-state index in [-0.39, 0.29) is 5.78 Å². The molecule has 0 fully saturated rings. The number of rotatable bonds is 2. The lowest BCUT2D eigenvalue weighted by Gasteiger charge is -2.05. The highest BCUT2D eigenvalue weighted by molar-refractivity contribution is 5.92. The summed E-state index contributed by atoms with van der Waals surface area (Å²) in [5.41, 5.74) is 3.48. The number of aryl methyl sites for hydroxylation is 1. The van der Waals surface area contributed by atoms with Crippen LogP contribution in [0.25, 0.3) is 5.69 Å². The molecule has 0 bridgehead atoms. The number of nitrogens with zero attached hydrogens (tertiary/aromatic N) is 3. The Labute approximate surface area is 94.0 Å². The zero-order valence-corrected chi connectivity index (χ0v) is 9.56. The van der Waals surface area contributed by atoms with Gasteiger partial charge in [0.1, 0.15) is 5.69 Å². The molecule has 4 nitrogen and oxygen atoms in total. The third-order valence-corrected chi connectivity index (χ3v) is 2.64. The van der Waals surface area contributed by atoms with Gasteiger partial charge < -0.3 is 4.57 Å². The van der Waals surface area contributed by atoms with Crippen LogP contribution in [0.4, 0.5) is 0 Å². The summed E-state index contributed by atoms with van der Waals surface area (Å²) < 4.78 is 1.95. The lowest BCUT2D eigenvalue weighted by Crippen LogP contribution is -2.00. The second kappa shape index (κ2) is 3.89. The Morgan fingerprint density at radius 1 is 1.25 bits per heavy atom. The summed E-state index contributed by atoms with van der Waals surface area (Å²) in [4.78, 5) is 19.4. The van der Waals surface area contributed by atoms with Gasteiger partial charge in [0.25, 0.3) is 0 Å². The zero-order valence-electron chi connectivity index (χ0n) is 9.56. The van der Waals surface area contributed by atoms with Gasteiger partial charge in [-0.15, -0.1) is 0 Å². The van der Waals surface area contributed by atoms with Gasteiger partial charge >= 0.3 is 0 Å². The highest BCUT2D eigenvalue weighted by Gasteiger charge is 2.05. The molecule has 0 atom stereocenters. The minimum absolute atomic E-state index is 0.0231. The van der Waals surface area contributed by atoms with Gasteiger partial charge in [0.15, 0.2) is 5.78 Å². The van der Waals surface area contributed by atoms with Crippen LogP contribution in [-0.2, 0) is 0 Å². The molecule has 0 aliphatic carbocycles. The van der Waals surface area contributed by atoms with Crippen LogP contribution in [0, 0.1) is 13.8 Å². The van der Waals surface area contributed by atoms with Gasteiger partial charge in [0, 0.05) is 12.6 Å². The molecule has 0 spiro atoms. The molecule has 0 saturated carbocycles. The van der Waals surface area contributed by atoms with E-state index in [1.165, 1.54) is 6.92 Å². The van der Waals surface area contributed by atoms with Crippen molar-refractivity contribution in [3.8, 4) is 5.69 Å². The summed E-state index contributed by atoms with van der Waals surface area (Å²) in [7, 11) is 0. The van der Waals surface area contributed by atoms with Crippen LogP contribution in [0.2, 0.25) is 0 Å². The van der Waals surface area contributed by atoms with Gasteiger partial charge in [-0.05, 0) is 26.0 Å². The van der Waals surface area contributed by atoms with E-state index in [9.17, 15) is 4.79 Å². The quantitative estimate of drug-likeness (QED) is 0.721. The van der Waals surface area contributed by atoms with E-state index in [4.69, 9.17) is 0 Å². The molecule has 2 heterocycles. The molecule has 4 heteroatoms. The average Bonchev–Trinajstić information content (AvgIpc) is 2.60. The van der Waals surface area contributed by atoms with Gasteiger partial charge in [-0.25, -0.2) is 4.98 Å². The molecule has 0 saturated heterocycles. The smallest absolute Gasteiger partial charge is 0.178 e. The van der Waals surface area contributed by atoms with E-state index in [0.29, 0.717) is 5.69 Å². The maximum absolute atomic E-state index is 11.1. The minimum Gasteiger partial charge on any atom is -0.302 e. The van der Waals surface area contributed by atoms with Crippen molar-refractivity contribution in [2.75, 3.05) is 0 Å². The van der Waals surface area contributed by atoms with Crippen molar-refractivity contribution in [1.29, 1.82) is 0 Å². The highest BCUT2D eigenvalue weighted by atomic mass is 16.1. The van der Waals surface area contributed by atoms with Crippen LogP contribution in [0.1, 0.15) is 28.8 Å². The monoisotopic (exact) mass is 215 g/mol. The van der Waals surface area contributed by atoms with Crippen molar-refractivity contribution >= 4 is 5.78 Å². The molecular weight excluding hydrogens is 202 g/mol. The molecule has 0 aliphatic rings. The molecule has 2 aromatic rings. The topological polar surface area (TPSA) is 47.8 Å². The highest BCUT2D eigenvalue weighted by Crippen LogP contribution is 2.12. The Kier molecular flexibility index (Phi) is 2.56. The second-order valence-corrected chi connectivity index (χ2v) is 3.74. The standard InChI is InChI=1S/C12H13N3O/c1-8-9(2)15(7-14-8)11-4-5-12(10(3)16)13-6-11/h4-7H,1-3H3. The number of aromatic nitrogens is 3. The average molecular weight is 215 g/mol. The molecular formula is C12H13N3O. The van der Waals surface area contributed by atoms with E-state index in [1.807, 2.05) is 24.5 Å². The summed E-state index contributed by atoms with van der Waals surface area (Å²) in [6.45, 7) is 5.47. The Balaban J connectivity index is 2.42. The van der Waals surface area contributed by atoms with Crippen molar-refractivity contribution in [1.82, 2.24) is 14.5 Å². The minimum atomic E-state index is -0.0231. The second-order valence-electron chi connectivity index (χ2n) is 3.74. The van der Waals surface area contributed by atoms with Crippen LogP contribution in [0.3, 0.4) is 0 Å². The lowest BCUT2D eigenvalue weighted by molar-refractivity contribution is 0.101. The van der Waals surface area contributed by atoms with Crippen LogP contribution >= 0.6 is 0 Å². The van der Waals surface area contributed by atoms with Gasteiger partial charge in [-0.3, -0.25) is 9.78 Å². The molecule has 0 amide bonds. The fourth-order valence-corrected chi connectivity index (χ4v) is 1.50. The number of pyridine rings is 1. The number of ketones is 1. The molecule has 2 rings (SSSR count). The van der Waals surface area contributed by atoms with Crippen LogP contribution in [0.5, 0.6) is 0 Å². The Hall–Kier alpha value is -1.97. The summed E-state index contributed by atoms with van der Waals surface area (Å²) in [6, 6.07) is 3.60. The fraction of sp³-hybridized carbons (Fsp3) is 0.250. The van der Waals surface area contributed by atoms with Gasteiger partial charge in [0.05, 0.1) is 23.9 Å². The van der Waals surface area contributed by atoms with E-state index >= 15 is 0 Å². The Bertz CT molecular complexity index is 526. The number of carbonyl (C=O) groups is 1. The van der Waals surface area contributed by atoms with Crippen molar-refractivity contribution in [3.63, 3.8) is 0 Å². The molecule has 0 unspecified atom stereocenters. The molecule has 0 radical (unpaired) electrons. The third kappa shape index (κ3) is 1.74. The predicted octanol–water partition coefficient (Wildman–Crippen LogP) is 2.09. The Morgan fingerprint density at radius 2 is 2.00 bits per heavy atom. The number of hydrogen-bond donors (Lipinski definition) is 0. The molecule has 16 heavy (non-hydrogen) atoms. The number of hydrogen-bond acceptors (Lipinski definition) is 3. The van der Waals surface area contributed by atoms with E-state index in [1.54, 1.807) is 18.6 Å². The predicted molar refractivity (Wildman–Crippen MR) is 60.8 cm³/mol. The number of Topliss-reactive ketones (excluding diaryl/α,β-unsaturated/α-hetero) is 1. The van der Waals surface area contributed by atoms with Crippen LogP contribution in [0.15, 0.2) is 24.7 Å². The number of carbonyl (C=O) groups excluding carboxylic acids is 1. The Morgan fingerprint density at radius 3 is 2.44 bits per heavy atom. The fourth-order valence-electron chi connectivity index (χ4n) is 1.50. The summed E-state index contributed by atoms with van der Waals surface area (Å²) in [6.07, 6.45) is 3.44. The van der Waals surface area contributed by atoms with Crippen LogP contribution < -0.4 is 0 Å². The maximum atomic E-state index is 11.1. The molecule has 0 aliphatic heterocycles. The first kappa shape index (κ1) is 10.5. The largest absolute Gasteiger partial charge is 0.302 e. The van der Waals surface area contributed by atoms with Crippen molar-refractivity contribution in [2.45, 2.75) is 20.8 Å². The summed E-state index contributed by atoms with van der Waals surface area (Å²) in [5, 5.41) is 0. The van der Waals surface area contributed by atoms with Crippen molar-refractivity contribution in [3.05, 3.63) is 41.7 Å². The van der Waals surface area contributed by atoms with Gasteiger partial charge in [-0.2, -0.15) is 0 Å². The lowest BCUT2D eigenvalue weighted by atomic mass is 10.2. The molecule has 0 aromatic carbocycles. The first-order valence-corrected chi connectivity index (χ1v) is 5.07. The first-order chi connectivity index (χ1) is 7.59. The molecule has 2 aromatic heterocycles. The van der Waals surface area contributed by atoms with E-state index < -0.39 is 0 Å². The van der Waals surface area contributed by atoms with Gasteiger partial charge in [-0.1, -0.05) is 0 Å². The van der Waals surface area contributed by atoms with E-state index in [2.05, 4.69) is 9.97 Å².